The second-order valence-corrected chi connectivity index (χ2v) is 14.1. The molecule has 8 aromatic carbocycles. The Balaban J connectivity index is 1.11. The first-order chi connectivity index (χ1) is 26.8. The Morgan fingerprint density at radius 1 is 0.370 bits per heavy atom. The van der Waals surface area contributed by atoms with Gasteiger partial charge >= 0.3 is 0 Å². The van der Waals surface area contributed by atoms with Crippen LogP contribution in [-0.4, -0.2) is 14.5 Å². The normalized spacial score (nSPS) is 14.7. The third kappa shape index (κ3) is 4.42. The van der Waals surface area contributed by atoms with Crippen LogP contribution in [0.4, 0.5) is 0 Å². The zero-order chi connectivity index (χ0) is 35.6. The van der Waals surface area contributed by atoms with Crippen LogP contribution in [0.3, 0.4) is 0 Å². The molecule has 0 spiro atoms. The summed E-state index contributed by atoms with van der Waals surface area (Å²) in [6.45, 7) is 0. The van der Waals surface area contributed by atoms with Crippen LogP contribution >= 0.6 is 0 Å². The fraction of sp³-hybridized carbons (Fsp3) is 0.0196. The molecule has 0 fully saturated rings. The molecule has 1 atom stereocenters. The molecular formula is C51H33N3. The van der Waals surface area contributed by atoms with Gasteiger partial charge in [-0.05, 0) is 51.6 Å². The smallest absolute Gasteiger partial charge is 0.160 e. The second kappa shape index (κ2) is 12.0. The predicted octanol–water partition coefficient (Wildman–Crippen LogP) is 12.4. The van der Waals surface area contributed by atoms with Gasteiger partial charge in [0.05, 0.1) is 33.3 Å². The van der Waals surface area contributed by atoms with Crippen molar-refractivity contribution in [1.29, 1.82) is 0 Å². The molecule has 1 unspecified atom stereocenters. The molecule has 11 rings (SSSR count). The molecule has 0 amide bonds. The van der Waals surface area contributed by atoms with Crippen molar-refractivity contribution < 1.29 is 0 Å². The van der Waals surface area contributed by atoms with E-state index in [-0.39, 0.29) is 0 Å². The number of benzene rings is 8. The summed E-state index contributed by atoms with van der Waals surface area (Å²) in [6.07, 6.45) is 0. The summed E-state index contributed by atoms with van der Waals surface area (Å²) in [5.74, 6) is 0.711. The lowest BCUT2D eigenvalue weighted by molar-refractivity contribution is 0.728. The van der Waals surface area contributed by atoms with Gasteiger partial charge in [0.15, 0.2) is 5.82 Å². The lowest BCUT2D eigenvalue weighted by Gasteiger charge is -2.41. The molecule has 1 aliphatic rings. The molecule has 0 bridgehead atoms. The van der Waals surface area contributed by atoms with E-state index >= 15 is 0 Å². The molecule has 0 saturated heterocycles. The highest BCUT2D eigenvalue weighted by Gasteiger charge is 2.45. The fourth-order valence-electron chi connectivity index (χ4n) is 8.93. The number of hydrogen-bond acceptors (Lipinski definition) is 2. The van der Waals surface area contributed by atoms with Crippen molar-refractivity contribution in [3.8, 4) is 39.5 Å². The number of nitrogens with zero attached hydrogens (tertiary/aromatic N) is 3. The third-order valence-electron chi connectivity index (χ3n) is 11.3. The molecule has 3 nitrogen and oxygen atoms in total. The Morgan fingerprint density at radius 2 is 0.944 bits per heavy atom. The molecule has 54 heavy (non-hydrogen) atoms. The first-order valence-corrected chi connectivity index (χ1v) is 18.5. The van der Waals surface area contributed by atoms with Crippen molar-refractivity contribution in [2.45, 2.75) is 5.41 Å². The number of aromatic nitrogens is 3. The largest absolute Gasteiger partial charge is 0.309 e. The first-order valence-electron chi connectivity index (χ1n) is 18.5. The predicted molar refractivity (Wildman–Crippen MR) is 222 cm³/mol. The van der Waals surface area contributed by atoms with Gasteiger partial charge in [-0.2, -0.15) is 0 Å². The Bertz CT molecular complexity index is 3020. The van der Waals surface area contributed by atoms with E-state index < -0.39 is 5.41 Å². The van der Waals surface area contributed by atoms with Crippen LogP contribution in [0, 0.1) is 0 Å². The van der Waals surface area contributed by atoms with Gasteiger partial charge in [0.1, 0.15) is 0 Å². The summed E-state index contributed by atoms with van der Waals surface area (Å²) in [4.78, 5) is 10.4. The molecule has 3 heteroatoms. The van der Waals surface area contributed by atoms with Gasteiger partial charge in [0, 0.05) is 27.3 Å². The molecule has 0 saturated carbocycles. The van der Waals surface area contributed by atoms with E-state index in [1.165, 1.54) is 60.9 Å². The van der Waals surface area contributed by atoms with Crippen molar-refractivity contribution in [3.05, 3.63) is 222 Å². The molecule has 2 aromatic heterocycles. The standard InChI is InChI=1S/C51H33N3/c1-3-14-34(15-4-1)35-26-28-36(29-27-35)48-42-19-7-10-23-45(42)52-50(53-48)37-30-32-39(33-31-37)51(38-16-5-2-6-17-38)43-21-9-12-25-47(43)54-46-24-11-8-18-40(46)41-20-13-22-44(51)49(41)54/h1-33H. The maximum absolute atomic E-state index is 5.27. The van der Waals surface area contributed by atoms with Gasteiger partial charge < -0.3 is 4.57 Å². The van der Waals surface area contributed by atoms with Crippen LogP contribution in [0.25, 0.3) is 72.2 Å². The van der Waals surface area contributed by atoms with Gasteiger partial charge in [0.25, 0.3) is 0 Å². The lowest BCUT2D eigenvalue weighted by atomic mass is 9.63. The number of hydrogen-bond donors (Lipinski definition) is 0. The van der Waals surface area contributed by atoms with Crippen LogP contribution in [0.15, 0.2) is 200 Å². The van der Waals surface area contributed by atoms with Crippen LogP contribution in [0.1, 0.15) is 22.3 Å². The van der Waals surface area contributed by atoms with E-state index in [2.05, 4.69) is 205 Å². The Kier molecular flexibility index (Phi) is 6.77. The fourth-order valence-corrected chi connectivity index (χ4v) is 8.93. The average Bonchev–Trinajstić information content (AvgIpc) is 3.60. The van der Waals surface area contributed by atoms with E-state index in [0.717, 1.165) is 27.7 Å². The van der Waals surface area contributed by atoms with E-state index in [1.54, 1.807) is 0 Å². The first kappa shape index (κ1) is 30.5. The second-order valence-electron chi connectivity index (χ2n) is 14.1. The van der Waals surface area contributed by atoms with Crippen molar-refractivity contribution >= 4 is 32.7 Å². The van der Waals surface area contributed by atoms with E-state index in [9.17, 15) is 0 Å². The Morgan fingerprint density at radius 3 is 1.76 bits per heavy atom. The topological polar surface area (TPSA) is 30.7 Å². The molecule has 10 aromatic rings. The molecule has 1 aliphatic heterocycles. The number of para-hydroxylation sites is 4. The quantitative estimate of drug-likeness (QED) is 0.180. The van der Waals surface area contributed by atoms with E-state index in [0.29, 0.717) is 5.82 Å². The summed E-state index contributed by atoms with van der Waals surface area (Å²) in [5, 5.41) is 3.57. The number of fused-ring (bicyclic) bond motifs is 6. The molecule has 252 valence electrons. The highest BCUT2D eigenvalue weighted by Crippen LogP contribution is 2.54. The number of rotatable bonds is 5. The van der Waals surface area contributed by atoms with Crippen LogP contribution < -0.4 is 0 Å². The summed E-state index contributed by atoms with van der Waals surface area (Å²) < 4.78 is 2.47. The molecule has 0 radical (unpaired) electrons. The average molecular weight is 688 g/mol. The summed E-state index contributed by atoms with van der Waals surface area (Å²) in [5.41, 5.74) is 14.4. The molecule has 0 aliphatic carbocycles. The lowest BCUT2D eigenvalue weighted by Crippen LogP contribution is -2.35. The molecule has 0 N–H and O–H groups in total. The summed E-state index contributed by atoms with van der Waals surface area (Å²) in [6, 6.07) is 72.1. The SMILES string of the molecule is c1ccc(-c2ccc(-c3nc(-c4ccc(C5(c6ccccc6)c6ccccc6-n6c7ccccc7c7cccc5c76)cc4)nc4ccccc34)cc2)cc1. The van der Waals surface area contributed by atoms with Gasteiger partial charge in [0.2, 0.25) is 0 Å². The highest BCUT2D eigenvalue weighted by molar-refractivity contribution is 6.12. The summed E-state index contributed by atoms with van der Waals surface area (Å²) >= 11 is 0. The van der Waals surface area contributed by atoms with Crippen LogP contribution in [-0.2, 0) is 5.41 Å². The molecule has 3 heterocycles. The van der Waals surface area contributed by atoms with Crippen LogP contribution in [0.2, 0.25) is 0 Å². The van der Waals surface area contributed by atoms with Gasteiger partial charge in [-0.1, -0.05) is 182 Å². The minimum Gasteiger partial charge on any atom is -0.309 e. The van der Waals surface area contributed by atoms with Crippen molar-refractivity contribution in [3.63, 3.8) is 0 Å². The molecular weight excluding hydrogens is 655 g/mol. The Labute approximate surface area is 313 Å². The maximum Gasteiger partial charge on any atom is 0.160 e. The zero-order valence-electron chi connectivity index (χ0n) is 29.4. The van der Waals surface area contributed by atoms with Crippen molar-refractivity contribution in [1.82, 2.24) is 14.5 Å². The Hall–Kier alpha value is -7.10. The van der Waals surface area contributed by atoms with Crippen molar-refractivity contribution in [2.24, 2.45) is 0 Å². The zero-order valence-corrected chi connectivity index (χ0v) is 29.4. The van der Waals surface area contributed by atoms with Gasteiger partial charge in [-0.3, -0.25) is 0 Å². The van der Waals surface area contributed by atoms with Gasteiger partial charge in [-0.25, -0.2) is 9.97 Å². The highest BCUT2D eigenvalue weighted by atomic mass is 15.0. The van der Waals surface area contributed by atoms with Crippen molar-refractivity contribution in [2.75, 3.05) is 0 Å². The van der Waals surface area contributed by atoms with E-state index in [1.807, 2.05) is 0 Å². The minimum absolute atomic E-state index is 0.559. The summed E-state index contributed by atoms with van der Waals surface area (Å²) in [7, 11) is 0. The minimum atomic E-state index is -0.559. The maximum atomic E-state index is 5.27. The van der Waals surface area contributed by atoms with E-state index in [4.69, 9.17) is 9.97 Å². The van der Waals surface area contributed by atoms with Crippen LogP contribution in [0.5, 0.6) is 0 Å². The van der Waals surface area contributed by atoms with Gasteiger partial charge in [-0.15, -0.1) is 0 Å². The monoisotopic (exact) mass is 687 g/mol. The third-order valence-corrected chi connectivity index (χ3v) is 11.3.